The van der Waals surface area contributed by atoms with Crippen LogP contribution in [0.3, 0.4) is 0 Å². The van der Waals surface area contributed by atoms with Gasteiger partial charge in [-0.25, -0.2) is 4.39 Å². The molecule has 1 heterocycles. The number of halogens is 3. The summed E-state index contributed by atoms with van der Waals surface area (Å²) in [5.74, 6) is 0.108. The van der Waals surface area contributed by atoms with E-state index in [1.165, 1.54) is 17.8 Å². The fraction of sp³-hybridized carbons (Fsp3) is 0.211. The van der Waals surface area contributed by atoms with Crippen LogP contribution in [0, 0.1) is 5.82 Å². The van der Waals surface area contributed by atoms with Crippen LogP contribution >= 0.6 is 39.3 Å². The van der Waals surface area contributed by atoms with E-state index in [0.717, 1.165) is 17.3 Å². The highest BCUT2D eigenvalue weighted by atomic mass is 79.9. The molecule has 0 saturated heterocycles. The highest BCUT2D eigenvalue weighted by Crippen LogP contribution is 2.41. The summed E-state index contributed by atoms with van der Waals surface area (Å²) in [7, 11) is 0. The minimum absolute atomic E-state index is 0.147. The summed E-state index contributed by atoms with van der Waals surface area (Å²) in [5.41, 5.74) is 0.964. The van der Waals surface area contributed by atoms with E-state index in [0.29, 0.717) is 27.3 Å². The van der Waals surface area contributed by atoms with Gasteiger partial charge in [-0.15, -0.1) is 10.2 Å². The summed E-state index contributed by atoms with van der Waals surface area (Å²) < 4.78 is 17.0. The van der Waals surface area contributed by atoms with Gasteiger partial charge in [0.1, 0.15) is 5.82 Å². The number of thioether (sulfide) groups is 1. The summed E-state index contributed by atoms with van der Waals surface area (Å²) in [5, 5.41) is 12.2. The Morgan fingerprint density at radius 1 is 1.29 bits per heavy atom. The Bertz CT molecular complexity index is 1040. The van der Waals surface area contributed by atoms with Gasteiger partial charge in [0.2, 0.25) is 5.91 Å². The van der Waals surface area contributed by atoms with E-state index in [2.05, 4.69) is 31.4 Å². The number of carbonyl (C=O) groups is 1. The molecule has 5 nitrogen and oxygen atoms in total. The van der Waals surface area contributed by atoms with Crippen LogP contribution in [0.4, 0.5) is 10.1 Å². The summed E-state index contributed by atoms with van der Waals surface area (Å²) in [6.45, 7) is 0. The lowest BCUT2D eigenvalue weighted by Gasteiger charge is -2.10. The minimum Gasteiger partial charge on any atom is -0.324 e. The standard InChI is InChI=1S/C19H15BrClFN4OS/c20-11-5-8-16(14(21)9-11)23-17(27)10-28-19-25-24-18(26(19)12-6-7-12)13-3-1-2-4-15(13)22/h1-5,8-9,12H,6-7,10H2,(H,23,27). The fourth-order valence-corrected chi connectivity index (χ4v) is 4.30. The van der Waals surface area contributed by atoms with Crippen LogP contribution in [0.1, 0.15) is 18.9 Å². The summed E-state index contributed by atoms with van der Waals surface area (Å²) >= 11 is 10.7. The Kier molecular flexibility index (Phi) is 5.70. The minimum atomic E-state index is -0.337. The molecule has 1 amide bonds. The maximum atomic E-state index is 14.2. The van der Waals surface area contributed by atoms with Crippen molar-refractivity contribution in [3.05, 3.63) is 57.8 Å². The van der Waals surface area contributed by atoms with Crippen LogP contribution in [0.15, 0.2) is 52.1 Å². The Labute approximate surface area is 178 Å². The molecule has 0 aliphatic heterocycles. The number of amides is 1. The molecule has 144 valence electrons. The highest BCUT2D eigenvalue weighted by Gasteiger charge is 2.31. The van der Waals surface area contributed by atoms with Crippen LogP contribution in [0.2, 0.25) is 5.02 Å². The molecule has 1 saturated carbocycles. The van der Waals surface area contributed by atoms with E-state index in [4.69, 9.17) is 11.6 Å². The van der Waals surface area contributed by atoms with Crippen molar-refractivity contribution in [3.63, 3.8) is 0 Å². The number of anilines is 1. The van der Waals surface area contributed by atoms with Gasteiger partial charge in [-0.3, -0.25) is 9.36 Å². The SMILES string of the molecule is O=C(CSc1nnc(-c2ccccc2F)n1C1CC1)Nc1ccc(Br)cc1Cl. The number of hydrogen-bond donors (Lipinski definition) is 1. The molecule has 28 heavy (non-hydrogen) atoms. The van der Waals surface area contributed by atoms with Gasteiger partial charge >= 0.3 is 0 Å². The van der Waals surface area contributed by atoms with Crippen LogP contribution in [0.5, 0.6) is 0 Å². The lowest BCUT2D eigenvalue weighted by atomic mass is 10.2. The zero-order valence-electron chi connectivity index (χ0n) is 14.5. The van der Waals surface area contributed by atoms with E-state index in [1.807, 2.05) is 4.57 Å². The Morgan fingerprint density at radius 3 is 2.79 bits per heavy atom. The van der Waals surface area contributed by atoms with Gasteiger partial charge in [0.25, 0.3) is 0 Å². The van der Waals surface area contributed by atoms with Crippen molar-refractivity contribution in [2.24, 2.45) is 0 Å². The van der Waals surface area contributed by atoms with Crippen molar-refractivity contribution in [2.75, 3.05) is 11.1 Å². The maximum Gasteiger partial charge on any atom is 0.234 e. The first-order chi connectivity index (χ1) is 13.5. The first-order valence-corrected chi connectivity index (χ1v) is 10.8. The number of hydrogen-bond acceptors (Lipinski definition) is 4. The molecule has 1 N–H and O–H groups in total. The molecule has 0 bridgehead atoms. The van der Waals surface area contributed by atoms with Crippen LogP contribution < -0.4 is 5.32 Å². The van der Waals surface area contributed by atoms with E-state index in [9.17, 15) is 9.18 Å². The molecule has 1 aromatic heterocycles. The third-order valence-electron chi connectivity index (χ3n) is 4.23. The van der Waals surface area contributed by atoms with Gasteiger partial charge in [-0.1, -0.05) is 51.4 Å². The second kappa shape index (κ2) is 8.23. The molecule has 0 spiro atoms. The molecule has 1 aliphatic carbocycles. The summed E-state index contributed by atoms with van der Waals surface area (Å²) in [6, 6.07) is 12.0. The molecule has 9 heteroatoms. The van der Waals surface area contributed by atoms with E-state index < -0.39 is 0 Å². The molecule has 4 rings (SSSR count). The predicted octanol–water partition coefficient (Wildman–Crippen LogP) is 5.57. The zero-order chi connectivity index (χ0) is 19.7. The number of aromatic nitrogens is 3. The van der Waals surface area contributed by atoms with E-state index in [-0.39, 0.29) is 23.5 Å². The number of nitrogens with zero attached hydrogens (tertiary/aromatic N) is 3. The first kappa shape index (κ1) is 19.4. The second-order valence-electron chi connectivity index (χ2n) is 6.35. The molecular formula is C19H15BrClFN4OS. The van der Waals surface area contributed by atoms with Crippen LogP contribution in [-0.4, -0.2) is 26.4 Å². The van der Waals surface area contributed by atoms with Crippen molar-refractivity contribution in [1.29, 1.82) is 0 Å². The summed E-state index contributed by atoms with van der Waals surface area (Å²) in [4.78, 5) is 12.3. The number of carbonyl (C=O) groups excluding carboxylic acids is 1. The average Bonchev–Trinajstić information content (AvgIpc) is 3.42. The zero-order valence-corrected chi connectivity index (χ0v) is 17.7. The van der Waals surface area contributed by atoms with Crippen molar-refractivity contribution in [1.82, 2.24) is 14.8 Å². The topological polar surface area (TPSA) is 59.8 Å². The van der Waals surface area contributed by atoms with Gasteiger partial charge in [0.15, 0.2) is 11.0 Å². The van der Waals surface area contributed by atoms with Gasteiger partial charge in [0.05, 0.1) is 22.0 Å². The Hall–Kier alpha value is -1.90. The van der Waals surface area contributed by atoms with Crippen molar-refractivity contribution in [3.8, 4) is 11.4 Å². The molecule has 2 aromatic carbocycles. The second-order valence-corrected chi connectivity index (χ2v) is 8.61. The van der Waals surface area contributed by atoms with Crippen LogP contribution in [-0.2, 0) is 4.79 Å². The van der Waals surface area contributed by atoms with Gasteiger partial charge in [-0.2, -0.15) is 0 Å². The van der Waals surface area contributed by atoms with Gasteiger partial charge < -0.3 is 5.32 Å². The van der Waals surface area contributed by atoms with E-state index in [1.54, 1.807) is 36.4 Å². The molecule has 0 radical (unpaired) electrons. The third-order valence-corrected chi connectivity index (χ3v) is 5.98. The molecule has 0 atom stereocenters. The van der Waals surface area contributed by atoms with E-state index >= 15 is 0 Å². The van der Waals surface area contributed by atoms with Crippen molar-refractivity contribution in [2.45, 2.75) is 24.0 Å². The lowest BCUT2D eigenvalue weighted by molar-refractivity contribution is -0.113. The monoisotopic (exact) mass is 480 g/mol. The van der Waals surface area contributed by atoms with Crippen molar-refractivity contribution < 1.29 is 9.18 Å². The number of nitrogens with one attached hydrogen (secondary N) is 1. The lowest BCUT2D eigenvalue weighted by Crippen LogP contribution is -2.15. The van der Waals surface area contributed by atoms with Gasteiger partial charge in [0, 0.05) is 10.5 Å². The summed E-state index contributed by atoms with van der Waals surface area (Å²) in [6.07, 6.45) is 1.99. The number of benzene rings is 2. The molecule has 0 unspecified atom stereocenters. The largest absolute Gasteiger partial charge is 0.324 e. The average molecular weight is 482 g/mol. The smallest absolute Gasteiger partial charge is 0.234 e. The Balaban J connectivity index is 1.49. The molecule has 1 aliphatic rings. The molecular weight excluding hydrogens is 467 g/mol. The first-order valence-electron chi connectivity index (χ1n) is 8.60. The molecule has 1 fully saturated rings. The predicted molar refractivity (Wildman–Crippen MR) is 112 cm³/mol. The van der Waals surface area contributed by atoms with Crippen molar-refractivity contribution >= 4 is 50.9 Å². The third kappa shape index (κ3) is 4.24. The highest BCUT2D eigenvalue weighted by molar-refractivity contribution is 9.10. The molecule has 3 aromatic rings. The normalized spacial score (nSPS) is 13.5. The van der Waals surface area contributed by atoms with Crippen LogP contribution in [0.25, 0.3) is 11.4 Å². The Morgan fingerprint density at radius 2 is 2.07 bits per heavy atom. The maximum absolute atomic E-state index is 14.2. The quantitative estimate of drug-likeness (QED) is 0.468. The fourth-order valence-electron chi connectivity index (χ4n) is 2.77. The number of rotatable bonds is 6. The van der Waals surface area contributed by atoms with Gasteiger partial charge in [-0.05, 0) is 43.2 Å².